The zero-order chi connectivity index (χ0) is 14.6. The van der Waals surface area contributed by atoms with Crippen molar-refractivity contribution < 1.29 is 14.6 Å². The summed E-state index contributed by atoms with van der Waals surface area (Å²) in [7, 11) is 0. The maximum Gasteiger partial charge on any atom is 0.360 e. The topological polar surface area (TPSA) is 77.2 Å². The van der Waals surface area contributed by atoms with Gasteiger partial charge in [-0.15, -0.1) is 16.7 Å². The molecule has 0 saturated heterocycles. The summed E-state index contributed by atoms with van der Waals surface area (Å²) in [4.78, 5) is 11.8. The molecule has 0 atom stereocenters. The van der Waals surface area contributed by atoms with Crippen molar-refractivity contribution >= 4 is 17.6 Å². The number of halogens is 1. The molecule has 0 aromatic carbocycles. The summed E-state index contributed by atoms with van der Waals surface area (Å²) in [5.74, 6) is -0.415. The van der Waals surface area contributed by atoms with Gasteiger partial charge in [0.2, 0.25) is 0 Å². The highest BCUT2D eigenvalue weighted by atomic mass is 35.5. The predicted molar refractivity (Wildman–Crippen MR) is 73.6 cm³/mol. The van der Waals surface area contributed by atoms with E-state index in [9.17, 15) is 9.90 Å². The number of hydrogen-bond donors (Lipinski definition) is 1. The molecule has 0 bridgehead atoms. The predicted octanol–water partition coefficient (Wildman–Crippen LogP) is 1.89. The highest BCUT2D eigenvalue weighted by molar-refractivity contribution is 6.17. The van der Waals surface area contributed by atoms with Crippen LogP contribution in [0, 0.1) is 0 Å². The van der Waals surface area contributed by atoms with Crippen molar-refractivity contribution in [2.75, 3.05) is 6.61 Å². The largest absolute Gasteiger partial charge is 0.461 e. The van der Waals surface area contributed by atoms with Crippen molar-refractivity contribution in [1.29, 1.82) is 0 Å². The van der Waals surface area contributed by atoms with Crippen molar-refractivity contribution in [3.63, 3.8) is 0 Å². The zero-order valence-electron chi connectivity index (χ0n) is 11.6. The molecule has 2 rings (SSSR count). The van der Waals surface area contributed by atoms with Crippen LogP contribution in [0.25, 0.3) is 0 Å². The second-order valence-corrected chi connectivity index (χ2v) is 5.45. The minimum atomic E-state index is -0.779. The van der Waals surface area contributed by atoms with E-state index in [0.717, 1.165) is 32.1 Å². The second-order valence-electron chi connectivity index (χ2n) is 5.18. The molecule has 1 aromatic heterocycles. The number of nitrogens with zero attached hydrogens (tertiary/aromatic N) is 3. The lowest BCUT2D eigenvalue weighted by atomic mass is 9.85. The molecular formula is C13H20ClN3O3. The number of hydrogen-bond acceptors (Lipinski definition) is 5. The summed E-state index contributed by atoms with van der Waals surface area (Å²) in [6, 6.07) is 0. The molecule has 20 heavy (non-hydrogen) atoms. The molecule has 1 aliphatic carbocycles. The molecule has 0 aliphatic heterocycles. The lowest BCUT2D eigenvalue weighted by Crippen LogP contribution is -2.37. The Morgan fingerprint density at radius 3 is 2.75 bits per heavy atom. The summed E-state index contributed by atoms with van der Waals surface area (Å²) in [5.41, 5.74) is -0.135. The van der Waals surface area contributed by atoms with E-state index in [4.69, 9.17) is 16.3 Å². The van der Waals surface area contributed by atoms with Crippen LogP contribution < -0.4 is 0 Å². The van der Waals surface area contributed by atoms with Gasteiger partial charge in [0.15, 0.2) is 5.69 Å². The van der Waals surface area contributed by atoms with Crippen LogP contribution in [0.15, 0.2) is 0 Å². The quantitative estimate of drug-likeness (QED) is 0.664. The van der Waals surface area contributed by atoms with Gasteiger partial charge in [0.05, 0.1) is 30.3 Å². The molecule has 1 aliphatic rings. The molecule has 0 radical (unpaired) electrons. The molecule has 0 spiro atoms. The van der Waals surface area contributed by atoms with Gasteiger partial charge in [0, 0.05) is 0 Å². The number of carbonyl (C=O) groups is 1. The van der Waals surface area contributed by atoms with Gasteiger partial charge in [-0.25, -0.2) is 9.48 Å². The number of aliphatic hydroxyl groups is 1. The molecule has 1 saturated carbocycles. The zero-order valence-corrected chi connectivity index (χ0v) is 12.4. The van der Waals surface area contributed by atoms with E-state index in [0.29, 0.717) is 12.2 Å². The molecule has 0 unspecified atom stereocenters. The van der Waals surface area contributed by atoms with Gasteiger partial charge in [0.1, 0.15) is 0 Å². The van der Waals surface area contributed by atoms with E-state index in [2.05, 4.69) is 10.3 Å². The van der Waals surface area contributed by atoms with Gasteiger partial charge in [-0.05, 0) is 19.8 Å². The van der Waals surface area contributed by atoms with Gasteiger partial charge in [-0.3, -0.25) is 0 Å². The Bertz CT molecular complexity index is 469. The summed E-state index contributed by atoms with van der Waals surface area (Å²) in [6.07, 6.45) is 4.64. The molecule has 1 fully saturated rings. The van der Waals surface area contributed by atoms with Gasteiger partial charge < -0.3 is 9.84 Å². The molecular weight excluding hydrogens is 282 g/mol. The molecule has 1 N–H and O–H groups in total. The van der Waals surface area contributed by atoms with Crippen LogP contribution in [0.4, 0.5) is 0 Å². The average Bonchev–Trinajstić information content (AvgIpc) is 2.82. The third-order valence-corrected chi connectivity index (χ3v) is 3.91. The van der Waals surface area contributed by atoms with E-state index in [1.165, 1.54) is 4.68 Å². The number of aromatic nitrogens is 3. The summed E-state index contributed by atoms with van der Waals surface area (Å²) >= 11 is 5.90. The van der Waals surface area contributed by atoms with Gasteiger partial charge in [0.25, 0.3) is 0 Å². The number of carbonyl (C=O) groups excluding carboxylic acids is 1. The van der Waals surface area contributed by atoms with Crippen LogP contribution in [-0.2, 0) is 17.2 Å². The number of esters is 1. The molecule has 7 heteroatoms. The Labute approximate surface area is 123 Å². The van der Waals surface area contributed by atoms with Crippen LogP contribution >= 0.6 is 11.6 Å². The van der Waals surface area contributed by atoms with Crippen molar-refractivity contribution in [3.8, 4) is 0 Å². The molecule has 1 aromatic rings. The molecule has 1 heterocycles. The van der Waals surface area contributed by atoms with Gasteiger partial charge in [-0.1, -0.05) is 24.5 Å². The first-order chi connectivity index (χ1) is 9.59. The standard InChI is InChI=1S/C13H20ClN3O3/c1-2-20-12(18)11-10(8-14)17(16-15-11)9-13(19)6-4-3-5-7-13/h19H,2-9H2,1H3. The normalized spacial score (nSPS) is 17.9. The van der Waals surface area contributed by atoms with Crippen LogP contribution in [0.2, 0.25) is 0 Å². The van der Waals surface area contributed by atoms with E-state index in [1.807, 2.05) is 0 Å². The highest BCUT2D eigenvalue weighted by Crippen LogP contribution is 2.30. The van der Waals surface area contributed by atoms with Crippen molar-refractivity contribution in [2.45, 2.75) is 57.1 Å². The Hall–Kier alpha value is -1.14. The number of ether oxygens (including phenoxy) is 1. The van der Waals surface area contributed by atoms with E-state index < -0.39 is 11.6 Å². The smallest absolute Gasteiger partial charge is 0.360 e. The third kappa shape index (κ3) is 3.30. The molecule has 0 amide bonds. The first-order valence-electron chi connectivity index (χ1n) is 6.97. The Balaban J connectivity index is 2.17. The summed E-state index contributed by atoms with van der Waals surface area (Å²) in [6.45, 7) is 2.33. The maximum absolute atomic E-state index is 11.8. The first kappa shape index (κ1) is 15.3. The Kier molecular flexibility index (Phi) is 4.99. The molecule has 112 valence electrons. The molecule has 6 nitrogen and oxygen atoms in total. The van der Waals surface area contributed by atoms with Crippen molar-refractivity contribution in [1.82, 2.24) is 15.0 Å². The Morgan fingerprint density at radius 1 is 1.45 bits per heavy atom. The van der Waals surface area contributed by atoms with E-state index in [1.54, 1.807) is 6.92 Å². The van der Waals surface area contributed by atoms with Crippen LogP contribution in [0.1, 0.15) is 55.2 Å². The monoisotopic (exact) mass is 301 g/mol. The third-order valence-electron chi connectivity index (χ3n) is 3.66. The lowest BCUT2D eigenvalue weighted by molar-refractivity contribution is -0.0152. The van der Waals surface area contributed by atoms with Gasteiger partial charge in [-0.2, -0.15) is 0 Å². The van der Waals surface area contributed by atoms with Crippen LogP contribution in [0.5, 0.6) is 0 Å². The van der Waals surface area contributed by atoms with E-state index in [-0.39, 0.29) is 18.2 Å². The first-order valence-corrected chi connectivity index (χ1v) is 7.51. The summed E-state index contributed by atoms with van der Waals surface area (Å²) < 4.78 is 6.46. The summed E-state index contributed by atoms with van der Waals surface area (Å²) in [5, 5.41) is 18.3. The van der Waals surface area contributed by atoms with Crippen LogP contribution in [-0.4, -0.2) is 38.3 Å². The SMILES string of the molecule is CCOC(=O)c1nnn(CC2(O)CCCCC2)c1CCl. The second kappa shape index (κ2) is 6.54. The van der Waals surface area contributed by atoms with Crippen molar-refractivity contribution in [3.05, 3.63) is 11.4 Å². The fourth-order valence-corrected chi connectivity index (χ4v) is 2.86. The van der Waals surface area contributed by atoms with Gasteiger partial charge >= 0.3 is 5.97 Å². The van der Waals surface area contributed by atoms with E-state index >= 15 is 0 Å². The fraction of sp³-hybridized carbons (Fsp3) is 0.769. The highest BCUT2D eigenvalue weighted by Gasteiger charge is 2.32. The fourth-order valence-electron chi connectivity index (χ4n) is 2.60. The number of alkyl halides is 1. The lowest BCUT2D eigenvalue weighted by Gasteiger charge is -2.32. The Morgan fingerprint density at radius 2 is 2.15 bits per heavy atom. The minimum absolute atomic E-state index is 0.108. The minimum Gasteiger partial charge on any atom is -0.461 e. The van der Waals surface area contributed by atoms with Crippen LogP contribution in [0.3, 0.4) is 0 Å². The number of rotatable bonds is 5. The van der Waals surface area contributed by atoms with Crippen molar-refractivity contribution in [2.24, 2.45) is 0 Å². The maximum atomic E-state index is 11.8. The average molecular weight is 302 g/mol.